The quantitative estimate of drug-likeness (QED) is 0.538. The van der Waals surface area contributed by atoms with E-state index >= 15 is 0 Å². The van der Waals surface area contributed by atoms with E-state index in [4.69, 9.17) is 0 Å². The first kappa shape index (κ1) is 5.56. The van der Waals surface area contributed by atoms with E-state index < -0.39 is 0 Å². The second-order valence-electron chi connectivity index (χ2n) is 1.81. The monoisotopic (exact) mass is 113 g/mol. The lowest BCUT2D eigenvalue weighted by Crippen LogP contribution is -2.29. The van der Waals surface area contributed by atoms with Crippen LogP contribution in [0.2, 0.25) is 0 Å². The van der Waals surface area contributed by atoms with Gasteiger partial charge in [-0.15, -0.1) is 0 Å². The fourth-order valence-electron chi connectivity index (χ4n) is 0.694. The number of hydrogen-bond donors (Lipinski definition) is 2. The van der Waals surface area contributed by atoms with Crippen molar-refractivity contribution in [2.24, 2.45) is 4.99 Å². The lowest BCUT2D eigenvalue weighted by Gasteiger charge is -1.95. The zero-order chi connectivity index (χ0) is 5.82. The first-order valence-electron chi connectivity index (χ1n) is 2.95. The van der Waals surface area contributed by atoms with Gasteiger partial charge in [0.15, 0.2) is 0 Å². The molecule has 0 bridgehead atoms. The molecule has 0 aliphatic carbocycles. The van der Waals surface area contributed by atoms with Crippen LogP contribution in [0.1, 0.15) is 19.8 Å². The molecular weight excluding hydrogens is 102 g/mol. The molecule has 0 saturated heterocycles. The maximum Gasteiger partial charge on any atom is 0.112 e. The summed E-state index contributed by atoms with van der Waals surface area (Å²) in [6, 6.07) is 0. The third-order valence-corrected chi connectivity index (χ3v) is 1.07. The van der Waals surface area contributed by atoms with Crippen molar-refractivity contribution >= 4 is 5.84 Å². The third-order valence-electron chi connectivity index (χ3n) is 1.07. The number of nitrogens with one attached hydrogen (secondary N) is 2. The van der Waals surface area contributed by atoms with E-state index in [1.165, 1.54) is 0 Å². The fraction of sp³-hybridized carbons (Fsp3) is 0.800. The van der Waals surface area contributed by atoms with Crippen molar-refractivity contribution in [2.75, 3.05) is 6.67 Å². The van der Waals surface area contributed by atoms with Crippen molar-refractivity contribution in [1.29, 1.82) is 0 Å². The fourth-order valence-corrected chi connectivity index (χ4v) is 0.694. The molecule has 8 heavy (non-hydrogen) atoms. The molecule has 0 aromatic carbocycles. The summed E-state index contributed by atoms with van der Waals surface area (Å²) in [5, 5.41) is 0. The molecule has 0 amide bonds. The van der Waals surface area contributed by atoms with Crippen molar-refractivity contribution in [3.05, 3.63) is 0 Å². The van der Waals surface area contributed by atoms with Gasteiger partial charge in [-0.2, -0.15) is 0 Å². The Balaban J connectivity index is 2.23. The van der Waals surface area contributed by atoms with Gasteiger partial charge >= 0.3 is 0 Å². The van der Waals surface area contributed by atoms with E-state index in [1.807, 2.05) is 0 Å². The normalized spacial score (nSPS) is 17.9. The summed E-state index contributed by atoms with van der Waals surface area (Å²) in [5.74, 6) is 1.09. The van der Waals surface area contributed by atoms with Crippen LogP contribution in [0.15, 0.2) is 4.99 Å². The van der Waals surface area contributed by atoms with Gasteiger partial charge in [-0.05, 0) is 6.42 Å². The van der Waals surface area contributed by atoms with Crippen LogP contribution in [-0.4, -0.2) is 12.5 Å². The summed E-state index contributed by atoms with van der Waals surface area (Å²) in [4.78, 5) is 4.12. The Morgan fingerprint density at radius 3 is 3.12 bits per heavy atom. The number of aliphatic imine (C=N–C) groups is 1. The van der Waals surface area contributed by atoms with E-state index in [0.717, 1.165) is 25.3 Å². The highest BCUT2D eigenvalue weighted by atomic mass is 15.5. The minimum atomic E-state index is 0.731. The topological polar surface area (TPSA) is 36.4 Å². The molecule has 0 aromatic rings. The average Bonchev–Trinajstić information content (AvgIpc) is 2.19. The van der Waals surface area contributed by atoms with Gasteiger partial charge in [-0.3, -0.25) is 4.99 Å². The van der Waals surface area contributed by atoms with Crippen LogP contribution in [-0.2, 0) is 0 Å². The number of nitrogens with zero attached hydrogens (tertiary/aromatic N) is 1. The Kier molecular flexibility index (Phi) is 1.86. The molecule has 1 aliphatic heterocycles. The Morgan fingerprint density at radius 1 is 1.75 bits per heavy atom. The summed E-state index contributed by atoms with van der Waals surface area (Å²) in [7, 11) is 0. The second-order valence-corrected chi connectivity index (χ2v) is 1.81. The van der Waals surface area contributed by atoms with Crippen LogP contribution in [0.4, 0.5) is 0 Å². The predicted molar refractivity (Wildman–Crippen MR) is 33.5 cm³/mol. The van der Waals surface area contributed by atoms with Crippen LogP contribution < -0.4 is 10.9 Å². The molecule has 46 valence electrons. The Bertz CT molecular complexity index is 97.8. The SMILES string of the molecule is CCCC1=NCNN1. The van der Waals surface area contributed by atoms with Crippen molar-refractivity contribution in [3.8, 4) is 0 Å². The van der Waals surface area contributed by atoms with Crippen molar-refractivity contribution in [3.63, 3.8) is 0 Å². The summed E-state index contributed by atoms with van der Waals surface area (Å²) >= 11 is 0. The summed E-state index contributed by atoms with van der Waals surface area (Å²) in [5.41, 5.74) is 5.86. The van der Waals surface area contributed by atoms with Gasteiger partial charge in [0.2, 0.25) is 0 Å². The van der Waals surface area contributed by atoms with Gasteiger partial charge in [-0.1, -0.05) is 6.92 Å². The van der Waals surface area contributed by atoms with Crippen LogP contribution >= 0.6 is 0 Å². The molecule has 0 aromatic heterocycles. The summed E-state index contributed by atoms with van der Waals surface area (Å²) in [6.07, 6.45) is 2.22. The lowest BCUT2D eigenvalue weighted by atomic mass is 10.3. The van der Waals surface area contributed by atoms with E-state index in [1.54, 1.807) is 0 Å². The molecule has 2 N–H and O–H groups in total. The highest BCUT2D eigenvalue weighted by molar-refractivity contribution is 5.82. The highest BCUT2D eigenvalue weighted by Gasteiger charge is 1.99. The van der Waals surface area contributed by atoms with Crippen LogP contribution in [0.5, 0.6) is 0 Å². The predicted octanol–water partition coefficient (Wildman–Crippen LogP) is 0.250. The maximum atomic E-state index is 4.12. The lowest BCUT2D eigenvalue weighted by molar-refractivity contribution is 0.720. The minimum absolute atomic E-state index is 0.731. The Hall–Kier alpha value is -0.570. The van der Waals surface area contributed by atoms with Crippen LogP contribution in [0, 0.1) is 0 Å². The van der Waals surface area contributed by atoms with Crippen LogP contribution in [0.3, 0.4) is 0 Å². The molecule has 0 spiro atoms. The number of hydrazine groups is 1. The first-order chi connectivity index (χ1) is 3.93. The molecule has 3 heteroatoms. The smallest absolute Gasteiger partial charge is 0.112 e. The Morgan fingerprint density at radius 2 is 2.62 bits per heavy atom. The van der Waals surface area contributed by atoms with Crippen molar-refractivity contribution in [2.45, 2.75) is 19.8 Å². The van der Waals surface area contributed by atoms with Gasteiger partial charge in [0.25, 0.3) is 0 Å². The molecule has 1 aliphatic rings. The molecular formula is C5H11N3. The van der Waals surface area contributed by atoms with Gasteiger partial charge in [0.1, 0.15) is 12.5 Å². The molecule has 3 nitrogen and oxygen atoms in total. The zero-order valence-corrected chi connectivity index (χ0v) is 5.07. The van der Waals surface area contributed by atoms with Crippen molar-refractivity contribution < 1.29 is 0 Å². The molecule has 0 saturated carbocycles. The molecule has 0 fully saturated rings. The molecule has 0 radical (unpaired) electrons. The minimum Gasteiger partial charge on any atom is -0.308 e. The van der Waals surface area contributed by atoms with E-state index in [-0.39, 0.29) is 0 Å². The molecule has 0 atom stereocenters. The largest absolute Gasteiger partial charge is 0.308 e. The standard InChI is InChI=1S/C5H11N3/c1-2-3-5-6-4-7-8-5/h7H,2-4H2,1H3,(H,6,8). The second kappa shape index (κ2) is 2.67. The van der Waals surface area contributed by atoms with Gasteiger partial charge in [-0.25, -0.2) is 5.43 Å². The van der Waals surface area contributed by atoms with E-state index in [0.29, 0.717) is 0 Å². The summed E-state index contributed by atoms with van der Waals surface area (Å²) in [6.45, 7) is 2.87. The first-order valence-corrected chi connectivity index (χ1v) is 2.95. The van der Waals surface area contributed by atoms with E-state index in [2.05, 4.69) is 22.8 Å². The van der Waals surface area contributed by atoms with Gasteiger partial charge < -0.3 is 5.43 Å². The zero-order valence-electron chi connectivity index (χ0n) is 5.07. The molecule has 0 unspecified atom stereocenters. The average molecular weight is 113 g/mol. The van der Waals surface area contributed by atoms with Gasteiger partial charge in [0.05, 0.1) is 0 Å². The van der Waals surface area contributed by atoms with E-state index in [9.17, 15) is 0 Å². The summed E-state index contributed by atoms with van der Waals surface area (Å²) < 4.78 is 0. The highest BCUT2D eigenvalue weighted by Crippen LogP contribution is 1.90. The van der Waals surface area contributed by atoms with Gasteiger partial charge in [0, 0.05) is 6.42 Å². The third kappa shape index (κ3) is 1.20. The number of rotatable bonds is 2. The number of amidine groups is 1. The van der Waals surface area contributed by atoms with Crippen molar-refractivity contribution in [1.82, 2.24) is 10.9 Å². The Labute approximate surface area is 49.2 Å². The van der Waals surface area contributed by atoms with Crippen LogP contribution in [0.25, 0.3) is 0 Å². The number of hydrogen-bond acceptors (Lipinski definition) is 3. The molecule has 1 rings (SSSR count). The maximum absolute atomic E-state index is 4.12. The molecule has 1 heterocycles.